The lowest BCUT2D eigenvalue weighted by Gasteiger charge is -2.25. The molecule has 0 bridgehead atoms. The summed E-state index contributed by atoms with van der Waals surface area (Å²) >= 11 is 6.30. The van der Waals surface area contributed by atoms with Crippen LogP contribution in [0.25, 0.3) is 0 Å². The smallest absolute Gasteiger partial charge is 0.242 e. The van der Waals surface area contributed by atoms with Gasteiger partial charge in [-0.25, -0.2) is 0 Å². The van der Waals surface area contributed by atoms with Gasteiger partial charge in [-0.2, -0.15) is 0 Å². The van der Waals surface area contributed by atoms with Crippen LogP contribution in [-0.4, -0.2) is 79.0 Å². The molecular weight excluding hydrogens is 438 g/mol. The molecule has 1 N–H and O–H groups in total. The van der Waals surface area contributed by atoms with Crippen molar-refractivity contribution in [3.8, 4) is 5.75 Å². The van der Waals surface area contributed by atoms with Gasteiger partial charge in [0.05, 0.1) is 29.5 Å². The van der Waals surface area contributed by atoms with E-state index < -0.39 is 0 Å². The number of benzene rings is 1. The topological polar surface area (TPSA) is 60.9 Å². The van der Waals surface area contributed by atoms with Gasteiger partial charge in [0.25, 0.3) is 0 Å². The normalized spacial score (nSPS) is 14.0. The third-order valence-electron chi connectivity index (χ3n) is 5.54. The van der Waals surface area contributed by atoms with Crippen molar-refractivity contribution < 1.29 is 9.53 Å². The maximum absolute atomic E-state index is 13.2. The van der Waals surface area contributed by atoms with Crippen molar-refractivity contribution in [1.29, 1.82) is 0 Å². The Hall–Kier alpha value is -2.35. The van der Waals surface area contributed by atoms with Crippen molar-refractivity contribution in [3.05, 3.63) is 52.8 Å². The van der Waals surface area contributed by atoms with E-state index in [2.05, 4.69) is 40.0 Å². The predicted octanol–water partition coefficient (Wildman–Crippen LogP) is 3.59. The van der Waals surface area contributed by atoms with Crippen LogP contribution >= 0.6 is 11.6 Å². The number of nitrogens with one attached hydrogen (secondary N) is 1. The zero-order valence-electron chi connectivity index (χ0n) is 20.2. The molecule has 1 aliphatic rings. The number of hydrogen-bond acceptors (Lipinski definition) is 6. The summed E-state index contributed by atoms with van der Waals surface area (Å²) in [6.07, 6.45) is 1.70. The Balaban J connectivity index is 1.69. The summed E-state index contributed by atoms with van der Waals surface area (Å²) in [5.74, 6) is 1.45. The number of carbonyl (C=O) groups is 1. The van der Waals surface area contributed by atoms with Gasteiger partial charge < -0.3 is 19.9 Å². The number of anilines is 1. The molecule has 2 heterocycles. The zero-order chi connectivity index (χ0) is 23.8. The number of para-hydroxylation sites is 1. The van der Waals surface area contributed by atoms with Crippen LogP contribution in [0.15, 0.2) is 36.5 Å². The highest BCUT2D eigenvalue weighted by Gasteiger charge is 2.20. The van der Waals surface area contributed by atoms with Gasteiger partial charge in [0.2, 0.25) is 5.91 Å². The van der Waals surface area contributed by atoms with E-state index in [4.69, 9.17) is 16.3 Å². The number of aromatic nitrogens is 1. The van der Waals surface area contributed by atoms with Crippen molar-refractivity contribution in [2.45, 2.75) is 26.9 Å². The first-order valence-electron chi connectivity index (χ1n) is 11.6. The van der Waals surface area contributed by atoms with E-state index in [-0.39, 0.29) is 12.5 Å². The van der Waals surface area contributed by atoms with E-state index in [9.17, 15) is 4.79 Å². The molecular formula is C25H36ClN5O2. The average Bonchev–Trinajstić information content (AvgIpc) is 2.97. The minimum absolute atomic E-state index is 0.00812. The highest BCUT2D eigenvalue weighted by atomic mass is 35.5. The van der Waals surface area contributed by atoms with E-state index in [0.29, 0.717) is 36.3 Å². The Morgan fingerprint density at radius 2 is 2.06 bits per heavy atom. The maximum Gasteiger partial charge on any atom is 0.242 e. The minimum Gasteiger partial charge on any atom is -0.490 e. The number of amides is 1. The van der Waals surface area contributed by atoms with E-state index in [0.717, 1.165) is 43.2 Å². The Kier molecular flexibility index (Phi) is 9.35. The molecule has 1 aliphatic heterocycles. The highest BCUT2D eigenvalue weighted by Crippen LogP contribution is 2.32. The summed E-state index contributed by atoms with van der Waals surface area (Å²) in [6, 6.07) is 9.70. The number of ether oxygens (including phenoxy) is 1. The second-order valence-electron chi connectivity index (χ2n) is 9.18. The average molecular weight is 474 g/mol. The molecule has 0 atom stereocenters. The van der Waals surface area contributed by atoms with Gasteiger partial charge in [0.15, 0.2) is 0 Å². The Bertz CT molecular complexity index is 921. The molecule has 0 saturated carbocycles. The molecule has 0 radical (unpaired) electrons. The zero-order valence-corrected chi connectivity index (χ0v) is 20.9. The number of carbonyl (C=O) groups excluding carboxylic acids is 1. The molecule has 7 nitrogen and oxygen atoms in total. The van der Waals surface area contributed by atoms with Gasteiger partial charge in [-0.15, -0.1) is 0 Å². The van der Waals surface area contributed by atoms with Crippen molar-refractivity contribution >= 4 is 23.2 Å². The Morgan fingerprint density at radius 3 is 2.79 bits per heavy atom. The molecule has 3 rings (SSSR count). The van der Waals surface area contributed by atoms with Gasteiger partial charge in [0, 0.05) is 44.5 Å². The van der Waals surface area contributed by atoms with Gasteiger partial charge in [-0.3, -0.25) is 14.7 Å². The van der Waals surface area contributed by atoms with Gasteiger partial charge in [-0.05, 0) is 38.2 Å². The summed E-state index contributed by atoms with van der Waals surface area (Å²) in [4.78, 5) is 23.8. The summed E-state index contributed by atoms with van der Waals surface area (Å²) in [5, 5.41) is 3.89. The number of pyridine rings is 1. The number of likely N-dealkylation sites (N-methyl/N-ethyl adjacent to an activating group) is 1. The molecule has 0 saturated heterocycles. The quantitative estimate of drug-likeness (QED) is 0.569. The fraction of sp³-hybridized carbons (Fsp3) is 0.520. The lowest BCUT2D eigenvalue weighted by atomic mass is 10.1. The first-order chi connectivity index (χ1) is 15.8. The summed E-state index contributed by atoms with van der Waals surface area (Å²) in [6.45, 7) is 9.79. The molecule has 8 heteroatoms. The van der Waals surface area contributed by atoms with Crippen LogP contribution in [0, 0.1) is 5.92 Å². The summed E-state index contributed by atoms with van der Waals surface area (Å²) in [7, 11) is 3.99. The fourth-order valence-electron chi connectivity index (χ4n) is 3.90. The van der Waals surface area contributed by atoms with E-state index in [1.165, 1.54) is 0 Å². The lowest BCUT2D eigenvalue weighted by Crippen LogP contribution is -2.39. The van der Waals surface area contributed by atoms with Gasteiger partial charge in [-0.1, -0.05) is 37.6 Å². The molecule has 33 heavy (non-hydrogen) atoms. The van der Waals surface area contributed by atoms with Crippen LogP contribution in [0.4, 0.5) is 5.69 Å². The van der Waals surface area contributed by atoms with Crippen LogP contribution in [0.5, 0.6) is 5.75 Å². The first kappa shape index (κ1) is 25.3. The molecule has 1 aromatic heterocycles. The number of hydrogen-bond donors (Lipinski definition) is 1. The third-order valence-corrected chi connectivity index (χ3v) is 5.89. The van der Waals surface area contributed by atoms with Gasteiger partial charge in [0.1, 0.15) is 12.4 Å². The lowest BCUT2D eigenvalue weighted by molar-refractivity contribution is -0.130. The first-order valence-corrected chi connectivity index (χ1v) is 11.9. The van der Waals surface area contributed by atoms with Crippen LogP contribution in [0.3, 0.4) is 0 Å². The van der Waals surface area contributed by atoms with Crippen LogP contribution in [-0.2, 0) is 17.9 Å². The van der Waals surface area contributed by atoms with Crippen LogP contribution < -0.4 is 10.1 Å². The van der Waals surface area contributed by atoms with Crippen molar-refractivity contribution in [2.24, 2.45) is 5.92 Å². The number of nitrogens with zero attached hydrogens (tertiary/aromatic N) is 4. The molecule has 2 aromatic rings. The highest BCUT2D eigenvalue weighted by molar-refractivity contribution is 6.31. The van der Waals surface area contributed by atoms with E-state index >= 15 is 0 Å². The second-order valence-corrected chi connectivity index (χ2v) is 9.58. The van der Waals surface area contributed by atoms with Crippen molar-refractivity contribution in [1.82, 2.24) is 19.7 Å². The molecule has 1 amide bonds. The van der Waals surface area contributed by atoms with Crippen molar-refractivity contribution in [3.63, 3.8) is 0 Å². The number of rotatable bonds is 10. The summed E-state index contributed by atoms with van der Waals surface area (Å²) in [5.41, 5.74) is 2.71. The molecule has 1 aromatic carbocycles. The fourth-order valence-corrected chi connectivity index (χ4v) is 4.08. The monoisotopic (exact) mass is 473 g/mol. The van der Waals surface area contributed by atoms with Crippen LogP contribution in [0.1, 0.15) is 25.1 Å². The predicted molar refractivity (Wildman–Crippen MR) is 134 cm³/mol. The third kappa shape index (κ3) is 7.59. The largest absolute Gasteiger partial charge is 0.490 e. The second kappa shape index (κ2) is 12.2. The minimum atomic E-state index is -0.00812. The van der Waals surface area contributed by atoms with E-state index in [1.54, 1.807) is 23.2 Å². The SMILES string of the molecule is CC(C)CN1CCOc2c(cccc2NCC(=O)N(CCN(C)C)Cc2ncccc2Cl)C1. The summed E-state index contributed by atoms with van der Waals surface area (Å²) < 4.78 is 6.11. The standard InChI is InChI=1S/C25H36ClN5O2/c1-19(2)16-30-13-14-33-25-20(17-30)7-5-9-22(25)28-15-24(32)31(12-11-29(3)4)18-23-21(26)8-6-10-27-23/h5-10,19,28H,11-18H2,1-4H3. The molecule has 0 spiro atoms. The Morgan fingerprint density at radius 1 is 1.24 bits per heavy atom. The molecule has 0 unspecified atom stereocenters. The number of halogens is 1. The molecule has 180 valence electrons. The van der Waals surface area contributed by atoms with Crippen LogP contribution in [0.2, 0.25) is 5.02 Å². The van der Waals surface area contributed by atoms with E-state index in [1.807, 2.05) is 26.2 Å². The Labute approximate surface area is 202 Å². The maximum atomic E-state index is 13.2. The molecule has 0 fully saturated rings. The van der Waals surface area contributed by atoms with Crippen molar-refractivity contribution in [2.75, 3.05) is 58.7 Å². The number of fused-ring (bicyclic) bond motifs is 1. The molecule has 0 aliphatic carbocycles. The van der Waals surface area contributed by atoms with Gasteiger partial charge >= 0.3 is 0 Å².